The van der Waals surface area contributed by atoms with E-state index >= 15 is 0 Å². The zero-order valence-corrected chi connectivity index (χ0v) is 15.0. The molecule has 0 aliphatic rings. The topological polar surface area (TPSA) is 42.0 Å². The Balaban J connectivity index is 2.21. The van der Waals surface area contributed by atoms with Crippen LogP contribution >= 0.6 is 11.8 Å². The van der Waals surface area contributed by atoms with Crippen molar-refractivity contribution in [3.8, 4) is 0 Å². The highest BCUT2D eigenvalue weighted by Gasteiger charge is 2.30. The Morgan fingerprint density at radius 2 is 1.92 bits per heavy atom. The van der Waals surface area contributed by atoms with Gasteiger partial charge in [-0.1, -0.05) is 30.5 Å². The molecule has 0 amide bonds. The smallest absolute Gasteiger partial charge is 0.350 e. The van der Waals surface area contributed by atoms with Crippen molar-refractivity contribution >= 4 is 28.8 Å². The van der Waals surface area contributed by atoms with Gasteiger partial charge >= 0.3 is 6.18 Å². The summed E-state index contributed by atoms with van der Waals surface area (Å²) in [5.41, 5.74) is 1.01. The molecule has 1 N–H and O–H groups in total. The zero-order valence-electron chi connectivity index (χ0n) is 14.2. The number of halogens is 3. The van der Waals surface area contributed by atoms with Crippen LogP contribution in [-0.2, 0) is 11.0 Å². The average molecular weight is 378 g/mol. The summed E-state index contributed by atoms with van der Waals surface area (Å²) in [7, 11) is 0. The monoisotopic (exact) mass is 378 g/mol. The fraction of sp³-hybridized carbons (Fsp3) is 0.158. The van der Waals surface area contributed by atoms with Crippen molar-refractivity contribution in [2.24, 2.45) is 0 Å². The third kappa shape index (κ3) is 5.23. The number of carbonyl (C=O) groups excluding carboxylic acids is 1. The van der Waals surface area contributed by atoms with Crippen LogP contribution in [0.2, 0.25) is 0 Å². The van der Waals surface area contributed by atoms with Crippen LogP contribution in [0, 0.1) is 0 Å². The van der Waals surface area contributed by atoms with E-state index in [1.165, 1.54) is 19.1 Å². The molecule has 1 aromatic heterocycles. The van der Waals surface area contributed by atoms with Crippen LogP contribution in [0.15, 0.2) is 65.3 Å². The number of allylic oxidation sites excluding steroid dienone is 2. The molecule has 1 aromatic carbocycles. The molecule has 3 nitrogen and oxygen atoms in total. The molecule has 0 aliphatic heterocycles. The quantitative estimate of drug-likeness (QED) is 0.651. The number of pyridine rings is 1. The number of thioether (sulfide) groups is 1. The predicted molar refractivity (Wildman–Crippen MR) is 99.3 cm³/mol. The van der Waals surface area contributed by atoms with Gasteiger partial charge < -0.3 is 5.32 Å². The number of hydrogen-bond acceptors (Lipinski definition) is 4. The summed E-state index contributed by atoms with van der Waals surface area (Å²) < 4.78 is 38.4. The summed E-state index contributed by atoms with van der Waals surface area (Å²) >= 11 is 1.08. The lowest BCUT2D eigenvalue weighted by Crippen LogP contribution is -2.06. The average Bonchev–Trinajstić information content (AvgIpc) is 2.59. The number of ketones is 1. The van der Waals surface area contributed by atoms with E-state index in [1.54, 1.807) is 25.4 Å². The van der Waals surface area contributed by atoms with Gasteiger partial charge in [0.25, 0.3) is 0 Å². The fourth-order valence-electron chi connectivity index (χ4n) is 2.21. The van der Waals surface area contributed by atoms with E-state index in [9.17, 15) is 18.0 Å². The molecule has 2 aromatic rings. The Kier molecular flexibility index (Phi) is 6.26. The lowest BCUT2D eigenvalue weighted by Gasteiger charge is -2.14. The molecule has 0 spiro atoms. The Morgan fingerprint density at radius 1 is 1.19 bits per heavy atom. The van der Waals surface area contributed by atoms with Crippen LogP contribution in [0.25, 0.3) is 5.57 Å². The molecule has 136 valence electrons. The van der Waals surface area contributed by atoms with E-state index in [2.05, 4.69) is 16.9 Å². The molecular formula is C19H17F3N2OS. The predicted octanol–water partition coefficient (Wildman–Crippen LogP) is 5.74. The summed E-state index contributed by atoms with van der Waals surface area (Å²) in [6, 6.07) is 8.40. The van der Waals surface area contributed by atoms with Crippen molar-refractivity contribution in [2.45, 2.75) is 20.0 Å². The van der Waals surface area contributed by atoms with E-state index < -0.39 is 11.7 Å². The molecule has 0 aliphatic carbocycles. The molecule has 0 saturated heterocycles. The molecule has 7 heteroatoms. The van der Waals surface area contributed by atoms with Crippen molar-refractivity contribution in [1.82, 2.24) is 4.98 Å². The second-order valence-electron chi connectivity index (χ2n) is 5.48. The minimum atomic E-state index is -4.42. The van der Waals surface area contributed by atoms with Crippen molar-refractivity contribution in [1.29, 1.82) is 0 Å². The molecule has 0 saturated carbocycles. The molecule has 2 rings (SSSR count). The largest absolute Gasteiger partial charge is 0.416 e. The van der Waals surface area contributed by atoms with Crippen LogP contribution < -0.4 is 5.32 Å². The molecule has 26 heavy (non-hydrogen) atoms. The minimum absolute atomic E-state index is 0.164. The van der Waals surface area contributed by atoms with Gasteiger partial charge in [-0.25, -0.2) is 0 Å². The van der Waals surface area contributed by atoms with Gasteiger partial charge in [0.15, 0.2) is 5.78 Å². The molecule has 0 bridgehead atoms. The van der Waals surface area contributed by atoms with E-state index in [1.807, 2.05) is 6.07 Å². The number of aromatic nitrogens is 1. The second kappa shape index (κ2) is 8.23. The standard InChI is InChI=1S/C19H17F3N2OS/c1-12(15-6-5-9-23-11-15)18(13(2)25)26-14(3)24-17-8-4-7-16(10-17)19(20,21)22/h4-11,24H,3H2,1-2H3/b18-12+. The van der Waals surface area contributed by atoms with E-state index in [0.717, 1.165) is 35.0 Å². The number of carbonyl (C=O) groups is 1. The van der Waals surface area contributed by atoms with Crippen LogP contribution in [0.1, 0.15) is 25.0 Å². The maximum atomic E-state index is 12.8. The highest BCUT2D eigenvalue weighted by molar-refractivity contribution is 8.07. The number of benzene rings is 1. The number of rotatable bonds is 6. The van der Waals surface area contributed by atoms with Gasteiger partial charge in [-0.15, -0.1) is 0 Å². The first kappa shape index (κ1) is 19.8. The molecule has 1 heterocycles. The number of nitrogens with zero attached hydrogens (tertiary/aromatic N) is 1. The highest BCUT2D eigenvalue weighted by atomic mass is 32.2. The van der Waals surface area contributed by atoms with Crippen molar-refractivity contribution < 1.29 is 18.0 Å². The SMILES string of the molecule is C=C(Nc1cccc(C(F)(F)F)c1)S/C(C(C)=O)=C(\C)c1cccnc1. The number of anilines is 1. The summed E-state index contributed by atoms with van der Waals surface area (Å²) in [6.07, 6.45) is -1.15. The number of nitrogens with one attached hydrogen (secondary N) is 1. The molecule has 0 radical (unpaired) electrons. The summed E-state index contributed by atoms with van der Waals surface area (Å²) in [6.45, 7) is 7.03. The first-order valence-electron chi connectivity index (χ1n) is 7.61. The van der Waals surface area contributed by atoms with Crippen LogP contribution in [0.3, 0.4) is 0 Å². The second-order valence-corrected chi connectivity index (χ2v) is 6.59. The van der Waals surface area contributed by atoms with E-state index in [4.69, 9.17) is 0 Å². The Hall–Kier alpha value is -2.54. The number of Topliss-reactive ketones (excluding diaryl/α,β-unsaturated/α-hetero) is 1. The first-order valence-corrected chi connectivity index (χ1v) is 8.43. The normalized spacial score (nSPS) is 12.3. The van der Waals surface area contributed by atoms with E-state index in [0.29, 0.717) is 9.93 Å². The van der Waals surface area contributed by atoms with Gasteiger partial charge in [0.1, 0.15) is 0 Å². The van der Waals surface area contributed by atoms with Crippen molar-refractivity contribution in [3.63, 3.8) is 0 Å². The van der Waals surface area contributed by atoms with Crippen LogP contribution in [0.4, 0.5) is 18.9 Å². The van der Waals surface area contributed by atoms with Gasteiger partial charge in [-0.05, 0) is 49.2 Å². The number of hydrogen-bond donors (Lipinski definition) is 1. The molecular weight excluding hydrogens is 361 g/mol. The van der Waals surface area contributed by atoms with Gasteiger partial charge in [0.2, 0.25) is 0 Å². The zero-order chi connectivity index (χ0) is 19.3. The molecule has 0 fully saturated rings. The van der Waals surface area contributed by atoms with Gasteiger partial charge in [0.05, 0.1) is 15.5 Å². The maximum absolute atomic E-state index is 12.8. The van der Waals surface area contributed by atoms with Gasteiger partial charge in [-0.3, -0.25) is 9.78 Å². The molecule has 0 atom stereocenters. The minimum Gasteiger partial charge on any atom is -0.350 e. The van der Waals surface area contributed by atoms with Gasteiger partial charge in [0, 0.05) is 18.1 Å². The third-order valence-electron chi connectivity index (χ3n) is 3.45. The Bertz CT molecular complexity index is 845. The van der Waals surface area contributed by atoms with Crippen LogP contribution in [0.5, 0.6) is 0 Å². The van der Waals surface area contributed by atoms with Gasteiger partial charge in [-0.2, -0.15) is 13.2 Å². The van der Waals surface area contributed by atoms with E-state index in [-0.39, 0.29) is 11.5 Å². The van der Waals surface area contributed by atoms with Crippen molar-refractivity contribution in [2.75, 3.05) is 5.32 Å². The third-order valence-corrected chi connectivity index (χ3v) is 4.60. The summed E-state index contributed by atoms with van der Waals surface area (Å²) in [4.78, 5) is 16.5. The summed E-state index contributed by atoms with van der Waals surface area (Å²) in [5, 5.41) is 3.16. The number of alkyl halides is 3. The highest BCUT2D eigenvalue weighted by Crippen LogP contribution is 2.34. The first-order chi connectivity index (χ1) is 12.2. The lowest BCUT2D eigenvalue weighted by molar-refractivity contribution is -0.137. The Morgan fingerprint density at radius 3 is 2.50 bits per heavy atom. The fourth-order valence-corrected chi connectivity index (χ4v) is 3.04. The van der Waals surface area contributed by atoms with Crippen LogP contribution in [-0.4, -0.2) is 10.8 Å². The maximum Gasteiger partial charge on any atom is 0.416 e. The Labute approximate surface area is 154 Å². The summed E-state index contributed by atoms with van der Waals surface area (Å²) in [5.74, 6) is -0.164. The lowest BCUT2D eigenvalue weighted by atomic mass is 10.1. The molecule has 0 unspecified atom stereocenters. The van der Waals surface area contributed by atoms with Crippen molar-refractivity contribution in [3.05, 3.63) is 76.4 Å².